The third-order valence-electron chi connectivity index (χ3n) is 1.95. The van der Waals surface area contributed by atoms with Gasteiger partial charge in [-0.25, -0.2) is 0 Å². The van der Waals surface area contributed by atoms with E-state index >= 15 is 0 Å². The van der Waals surface area contributed by atoms with Crippen molar-refractivity contribution in [2.75, 3.05) is 39.8 Å². The lowest BCUT2D eigenvalue weighted by Crippen LogP contribution is -2.46. The van der Waals surface area contributed by atoms with Gasteiger partial charge in [0.15, 0.2) is 0 Å². The molecule has 64 valence electrons. The fraction of sp³-hybridized carbons (Fsp3) is 0.857. The SMILES string of the molecule is CN1CC[15N]([13CH2]C(=O)O)[13CH2][13CH2]1. The van der Waals surface area contributed by atoms with Crippen LogP contribution in [0.5, 0.6) is 0 Å². The fourth-order valence-corrected chi connectivity index (χ4v) is 1.20. The molecule has 1 aliphatic heterocycles. The van der Waals surface area contributed by atoms with E-state index in [0.29, 0.717) is 0 Å². The van der Waals surface area contributed by atoms with Gasteiger partial charge < -0.3 is 10.0 Å². The third-order valence-corrected chi connectivity index (χ3v) is 1.95. The van der Waals surface area contributed by atoms with Gasteiger partial charge in [0.2, 0.25) is 0 Å². The van der Waals surface area contributed by atoms with Gasteiger partial charge in [0.05, 0.1) is 6.54 Å². The molecule has 0 aromatic rings. The van der Waals surface area contributed by atoms with Crippen LogP contribution in [0.1, 0.15) is 0 Å². The summed E-state index contributed by atoms with van der Waals surface area (Å²) < 4.78 is 0. The van der Waals surface area contributed by atoms with Crippen molar-refractivity contribution in [3.05, 3.63) is 0 Å². The average molecular weight is 162 g/mol. The molecule has 1 heterocycles. The van der Waals surface area contributed by atoms with Crippen LogP contribution in [0.15, 0.2) is 0 Å². The van der Waals surface area contributed by atoms with E-state index in [0.717, 1.165) is 26.2 Å². The highest BCUT2D eigenvalue weighted by atomic mass is 16.4. The molecule has 4 nitrogen and oxygen atoms in total. The monoisotopic (exact) mass is 162 g/mol. The van der Waals surface area contributed by atoms with Gasteiger partial charge in [-0.05, 0) is 7.05 Å². The maximum Gasteiger partial charge on any atom is 0.317 e. The lowest BCUT2D eigenvalue weighted by molar-refractivity contribution is -0.138. The molecule has 0 unspecified atom stereocenters. The average Bonchev–Trinajstić information content (AvgIpc) is 1.93. The molecule has 0 aromatic heterocycles. The smallest absolute Gasteiger partial charge is 0.317 e. The third kappa shape index (κ3) is 2.86. The van der Waals surface area contributed by atoms with Gasteiger partial charge in [0.25, 0.3) is 0 Å². The topological polar surface area (TPSA) is 43.8 Å². The molecule has 0 aromatic carbocycles. The molecular weight excluding hydrogens is 148 g/mol. The summed E-state index contributed by atoms with van der Waals surface area (Å²) in [4.78, 5) is 14.5. The first-order chi connectivity index (χ1) is 5.18. The quantitative estimate of drug-likeness (QED) is 0.431. The van der Waals surface area contributed by atoms with Crippen LogP contribution >= 0.6 is 0 Å². The van der Waals surface area contributed by atoms with Gasteiger partial charge in [-0.15, -0.1) is 0 Å². The Morgan fingerprint density at radius 3 is 2.36 bits per heavy atom. The summed E-state index contributed by atoms with van der Waals surface area (Å²) in [6.45, 7) is 3.90. The highest BCUT2D eigenvalue weighted by Crippen LogP contribution is 1.97. The molecule has 0 bridgehead atoms. The van der Waals surface area contributed by atoms with Gasteiger partial charge in [-0.2, -0.15) is 0 Å². The number of hydrogen-bond donors (Lipinski definition) is 1. The van der Waals surface area contributed by atoms with Gasteiger partial charge in [0.1, 0.15) is 0 Å². The molecule has 0 spiro atoms. The minimum Gasteiger partial charge on any atom is -0.480 e. The second kappa shape index (κ2) is 3.69. The zero-order valence-corrected chi connectivity index (χ0v) is 6.79. The van der Waals surface area contributed by atoms with Crippen molar-refractivity contribution >= 4 is 5.97 Å². The number of nitrogens with zero attached hydrogens (tertiary/aromatic N) is 2. The zero-order chi connectivity index (χ0) is 8.27. The van der Waals surface area contributed by atoms with Crippen LogP contribution in [0, 0.1) is 0 Å². The number of aliphatic carboxylic acids is 1. The molecule has 1 N–H and O–H groups in total. The highest BCUT2D eigenvalue weighted by molar-refractivity contribution is 5.69. The van der Waals surface area contributed by atoms with E-state index in [1.165, 1.54) is 0 Å². The molecule has 0 amide bonds. The Morgan fingerprint density at radius 1 is 1.36 bits per heavy atom. The predicted octanol–water partition coefficient (Wildman–Crippen LogP) is -0.682. The van der Waals surface area contributed by atoms with Crippen molar-refractivity contribution in [3.63, 3.8) is 0 Å². The number of carboxylic acids is 1. The summed E-state index contributed by atoms with van der Waals surface area (Å²) in [7, 11) is 2.05. The van der Waals surface area contributed by atoms with Gasteiger partial charge in [0, 0.05) is 26.2 Å². The zero-order valence-electron chi connectivity index (χ0n) is 6.79. The molecular formula is C7H14N2O2. The number of carboxylic acid groups (broad SMARTS) is 1. The summed E-state index contributed by atoms with van der Waals surface area (Å²) in [5, 5.41) is 8.48. The van der Waals surface area contributed by atoms with Crippen molar-refractivity contribution in [1.82, 2.24) is 9.80 Å². The first-order valence-electron chi connectivity index (χ1n) is 3.81. The van der Waals surface area contributed by atoms with E-state index in [2.05, 4.69) is 11.9 Å². The number of rotatable bonds is 2. The molecule has 0 atom stereocenters. The normalized spacial score (nSPS) is 21.9. The molecule has 0 aliphatic carbocycles. The van der Waals surface area contributed by atoms with E-state index in [-0.39, 0.29) is 6.54 Å². The van der Waals surface area contributed by atoms with Crippen molar-refractivity contribution in [2.24, 2.45) is 0 Å². The van der Waals surface area contributed by atoms with Crippen LogP contribution in [0.2, 0.25) is 0 Å². The lowest BCUT2D eigenvalue weighted by Gasteiger charge is -2.30. The van der Waals surface area contributed by atoms with Crippen LogP contribution in [-0.4, -0.2) is 60.6 Å². The van der Waals surface area contributed by atoms with Gasteiger partial charge in [-0.3, -0.25) is 9.69 Å². The molecule has 1 rings (SSSR count). The van der Waals surface area contributed by atoms with Crippen LogP contribution in [0.25, 0.3) is 0 Å². The number of piperazine rings is 1. The van der Waals surface area contributed by atoms with Crippen molar-refractivity contribution in [2.45, 2.75) is 0 Å². The maximum atomic E-state index is 10.3. The Morgan fingerprint density at radius 2 is 1.91 bits per heavy atom. The van der Waals surface area contributed by atoms with Crippen LogP contribution in [0.4, 0.5) is 0 Å². The molecule has 1 fully saturated rings. The summed E-state index contributed by atoms with van der Waals surface area (Å²) in [5.41, 5.74) is 0. The van der Waals surface area contributed by atoms with E-state index in [9.17, 15) is 4.79 Å². The standard InChI is InChI=1S/C7H14N2O2/c1-8-2-4-9(5-3-8)6-7(10)11/h2-6H2,1H3,(H,10,11)/i2+1,4+1,6+1,9+1. The van der Waals surface area contributed by atoms with E-state index in [1.54, 1.807) is 0 Å². The molecule has 4 heteroatoms. The Labute approximate surface area is 66.4 Å². The summed E-state index contributed by atoms with van der Waals surface area (Å²) >= 11 is 0. The van der Waals surface area contributed by atoms with E-state index in [1.807, 2.05) is 4.90 Å². The van der Waals surface area contributed by atoms with Crippen molar-refractivity contribution < 1.29 is 9.90 Å². The molecule has 0 radical (unpaired) electrons. The number of carbonyl (C=O) groups is 1. The predicted molar refractivity (Wildman–Crippen MR) is 41.6 cm³/mol. The number of likely N-dealkylation sites (N-methyl/N-ethyl adjacent to an activating group) is 1. The second-order valence-electron chi connectivity index (χ2n) is 2.97. The Bertz CT molecular complexity index is 141. The van der Waals surface area contributed by atoms with E-state index in [4.69, 9.17) is 5.11 Å². The van der Waals surface area contributed by atoms with E-state index < -0.39 is 5.97 Å². The maximum absolute atomic E-state index is 10.3. The Balaban J connectivity index is 2.22. The van der Waals surface area contributed by atoms with Crippen molar-refractivity contribution in [1.29, 1.82) is 0 Å². The fourth-order valence-electron chi connectivity index (χ4n) is 1.20. The molecule has 11 heavy (non-hydrogen) atoms. The first-order valence-corrected chi connectivity index (χ1v) is 3.81. The second-order valence-corrected chi connectivity index (χ2v) is 2.97. The molecule has 1 saturated heterocycles. The van der Waals surface area contributed by atoms with Crippen LogP contribution < -0.4 is 0 Å². The largest absolute Gasteiger partial charge is 0.480 e. The number of hydrogen-bond acceptors (Lipinski definition) is 3. The van der Waals surface area contributed by atoms with Gasteiger partial charge >= 0.3 is 5.97 Å². The minimum atomic E-state index is -0.727. The molecule has 1 aliphatic rings. The van der Waals surface area contributed by atoms with Gasteiger partial charge in [-0.1, -0.05) is 0 Å². The Hall–Kier alpha value is -0.610. The summed E-state index contributed by atoms with van der Waals surface area (Å²) in [6.07, 6.45) is 0. The highest BCUT2D eigenvalue weighted by Gasteiger charge is 2.15. The minimum absolute atomic E-state index is 0.188. The molecule has 0 saturated carbocycles. The Kier molecular flexibility index (Phi) is 2.84. The van der Waals surface area contributed by atoms with Crippen LogP contribution in [-0.2, 0) is 4.79 Å². The lowest BCUT2D eigenvalue weighted by atomic mass is 10.6. The van der Waals surface area contributed by atoms with Crippen LogP contribution in [0.3, 0.4) is 0 Å². The summed E-state index contributed by atoms with van der Waals surface area (Å²) in [6, 6.07) is 0. The van der Waals surface area contributed by atoms with Crippen molar-refractivity contribution in [3.8, 4) is 0 Å². The summed E-state index contributed by atoms with van der Waals surface area (Å²) in [5.74, 6) is -0.727. The first kappa shape index (κ1) is 8.49.